The molecular weight excluding hydrogens is 318 g/mol. The Balaban J connectivity index is 1.87. The molecule has 0 unspecified atom stereocenters. The van der Waals surface area contributed by atoms with Gasteiger partial charge < -0.3 is 5.32 Å². The minimum absolute atomic E-state index is 0.0159. The minimum atomic E-state index is -0.0597. The Bertz CT molecular complexity index is 713. The fourth-order valence-corrected chi connectivity index (χ4v) is 2.88. The number of hydrogen-bond acceptors (Lipinski definition) is 3. The highest BCUT2D eigenvalue weighted by molar-refractivity contribution is 8.00. The van der Waals surface area contributed by atoms with E-state index in [0.717, 1.165) is 4.90 Å². The van der Waals surface area contributed by atoms with Gasteiger partial charge in [0.05, 0.1) is 5.75 Å². The van der Waals surface area contributed by atoms with Gasteiger partial charge in [-0.2, -0.15) is 0 Å². The normalized spacial score (nSPS) is 11.2. The number of hydrogen-bond donors (Lipinski definition) is 1. The molecule has 0 bridgehead atoms. The Labute approximate surface area is 147 Å². The first kappa shape index (κ1) is 18.3. The maximum Gasteiger partial charge on any atom is 0.234 e. The van der Waals surface area contributed by atoms with Crippen molar-refractivity contribution >= 4 is 29.1 Å². The Morgan fingerprint density at radius 2 is 1.54 bits per heavy atom. The lowest BCUT2D eigenvalue weighted by Crippen LogP contribution is -2.14. The van der Waals surface area contributed by atoms with Crippen molar-refractivity contribution in [3.05, 3.63) is 59.7 Å². The van der Waals surface area contributed by atoms with Crippen LogP contribution >= 0.6 is 11.8 Å². The zero-order chi connectivity index (χ0) is 17.7. The Morgan fingerprint density at radius 1 is 0.958 bits per heavy atom. The molecule has 0 spiro atoms. The van der Waals surface area contributed by atoms with Crippen molar-refractivity contribution in [3.63, 3.8) is 0 Å². The molecule has 0 saturated heterocycles. The second-order valence-electron chi connectivity index (χ2n) is 6.74. The lowest BCUT2D eigenvalue weighted by Gasteiger charge is -2.19. The van der Waals surface area contributed by atoms with E-state index in [1.807, 2.05) is 0 Å². The van der Waals surface area contributed by atoms with E-state index in [1.54, 1.807) is 24.3 Å². The third-order valence-electron chi connectivity index (χ3n) is 3.67. The predicted molar refractivity (Wildman–Crippen MR) is 101 cm³/mol. The molecule has 126 valence electrons. The molecule has 4 heteroatoms. The highest BCUT2D eigenvalue weighted by Gasteiger charge is 2.13. The molecular formula is C20H23NO2S. The van der Waals surface area contributed by atoms with Crippen LogP contribution in [0, 0.1) is 0 Å². The number of anilines is 1. The number of carbonyl (C=O) groups is 2. The van der Waals surface area contributed by atoms with E-state index in [1.165, 1.54) is 24.2 Å². The summed E-state index contributed by atoms with van der Waals surface area (Å²) in [6, 6.07) is 15.3. The summed E-state index contributed by atoms with van der Waals surface area (Å²) in [4.78, 5) is 24.3. The number of carbonyl (C=O) groups excluding carboxylic acids is 2. The van der Waals surface area contributed by atoms with Crippen LogP contribution in [0.5, 0.6) is 0 Å². The standard InChI is InChI=1S/C20H23NO2S/c1-14(22)15-5-9-17(10-6-15)21-19(23)13-24-18-11-7-16(8-12-18)20(2,3)4/h5-12H,13H2,1-4H3,(H,21,23). The number of ketones is 1. The van der Waals surface area contributed by atoms with Crippen LogP contribution in [0.4, 0.5) is 5.69 Å². The lowest BCUT2D eigenvalue weighted by molar-refractivity contribution is -0.113. The molecule has 2 rings (SSSR count). The second-order valence-corrected chi connectivity index (χ2v) is 7.79. The summed E-state index contributed by atoms with van der Waals surface area (Å²) in [7, 11) is 0. The Morgan fingerprint density at radius 3 is 2.04 bits per heavy atom. The van der Waals surface area contributed by atoms with Gasteiger partial charge >= 0.3 is 0 Å². The van der Waals surface area contributed by atoms with Crippen LogP contribution in [0.15, 0.2) is 53.4 Å². The maximum absolute atomic E-state index is 12.0. The molecule has 0 aliphatic rings. The topological polar surface area (TPSA) is 46.2 Å². The van der Waals surface area contributed by atoms with Gasteiger partial charge in [-0.3, -0.25) is 9.59 Å². The molecule has 2 aromatic rings. The molecule has 2 aromatic carbocycles. The first-order valence-corrected chi connectivity index (χ1v) is 8.88. The average molecular weight is 341 g/mol. The van der Waals surface area contributed by atoms with Gasteiger partial charge in [-0.15, -0.1) is 11.8 Å². The van der Waals surface area contributed by atoms with Crippen LogP contribution in [-0.4, -0.2) is 17.4 Å². The summed E-state index contributed by atoms with van der Waals surface area (Å²) in [5.74, 6) is 0.307. The second kappa shape index (κ2) is 7.67. The van der Waals surface area contributed by atoms with Gasteiger partial charge in [-0.1, -0.05) is 32.9 Å². The molecule has 0 heterocycles. The molecule has 0 aliphatic carbocycles. The van der Waals surface area contributed by atoms with Crippen molar-refractivity contribution in [1.29, 1.82) is 0 Å². The summed E-state index contributed by atoms with van der Waals surface area (Å²) in [5.41, 5.74) is 2.75. The van der Waals surface area contributed by atoms with Crippen molar-refractivity contribution in [3.8, 4) is 0 Å². The zero-order valence-corrected chi connectivity index (χ0v) is 15.4. The Kier molecular flexibility index (Phi) is 5.84. The largest absolute Gasteiger partial charge is 0.325 e. The average Bonchev–Trinajstić information content (AvgIpc) is 2.53. The van der Waals surface area contributed by atoms with Crippen molar-refractivity contribution in [2.75, 3.05) is 11.1 Å². The highest BCUT2D eigenvalue weighted by Crippen LogP contribution is 2.25. The molecule has 0 aromatic heterocycles. The molecule has 0 aliphatic heterocycles. The summed E-state index contributed by atoms with van der Waals surface area (Å²) in [6.45, 7) is 8.06. The number of rotatable bonds is 5. The van der Waals surface area contributed by atoms with Gasteiger partial charge in [0.1, 0.15) is 0 Å². The predicted octanol–water partition coefficient (Wildman–Crippen LogP) is 4.92. The molecule has 1 amide bonds. The zero-order valence-electron chi connectivity index (χ0n) is 14.6. The third-order valence-corrected chi connectivity index (χ3v) is 4.68. The quantitative estimate of drug-likeness (QED) is 0.620. The lowest BCUT2D eigenvalue weighted by atomic mass is 9.87. The number of Topliss-reactive ketones (excluding diaryl/α,β-unsaturated/α-hetero) is 1. The first-order chi connectivity index (χ1) is 11.3. The highest BCUT2D eigenvalue weighted by atomic mass is 32.2. The SMILES string of the molecule is CC(=O)c1ccc(NC(=O)CSc2ccc(C(C)(C)C)cc2)cc1. The first-order valence-electron chi connectivity index (χ1n) is 7.90. The van der Waals surface area contributed by atoms with Gasteiger partial charge in [0.25, 0.3) is 0 Å². The van der Waals surface area contributed by atoms with E-state index >= 15 is 0 Å². The van der Waals surface area contributed by atoms with Gasteiger partial charge in [-0.05, 0) is 54.3 Å². The maximum atomic E-state index is 12.0. The number of amides is 1. The summed E-state index contributed by atoms with van der Waals surface area (Å²) in [6.07, 6.45) is 0. The van der Waals surface area contributed by atoms with Crippen molar-refractivity contribution in [2.45, 2.75) is 38.0 Å². The number of nitrogens with one attached hydrogen (secondary N) is 1. The molecule has 0 atom stereocenters. The van der Waals surface area contributed by atoms with E-state index in [4.69, 9.17) is 0 Å². The van der Waals surface area contributed by atoms with Crippen LogP contribution in [0.25, 0.3) is 0 Å². The summed E-state index contributed by atoms with van der Waals surface area (Å²) < 4.78 is 0. The smallest absolute Gasteiger partial charge is 0.234 e. The Hall–Kier alpha value is -2.07. The van der Waals surface area contributed by atoms with Crippen molar-refractivity contribution in [2.24, 2.45) is 0 Å². The fraction of sp³-hybridized carbons (Fsp3) is 0.300. The monoisotopic (exact) mass is 341 g/mol. The van der Waals surface area contributed by atoms with E-state index < -0.39 is 0 Å². The summed E-state index contributed by atoms with van der Waals surface area (Å²) in [5, 5.41) is 2.84. The third kappa shape index (κ3) is 5.24. The van der Waals surface area contributed by atoms with Gasteiger partial charge in [0, 0.05) is 16.1 Å². The van der Waals surface area contributed by atoms with Crippen LogP contribution in [0.2, 0.25) is 0 Å². The van der Waals surface area contributed by atoms with Crippen LogP contribution in [0.1, 0.15) is 43.6 Å². The molecule has 3 nitrogen and oxygen atoms in total. The molecule has 24 heavy (non-hydrogen) atoms. The van der Waals surface area contributed by atoms with Gasteiger partial charge in [-0.25, -0.2) is 0 Å². The van der Waals surface area contributed by atoms with Crippen LogP contribution < -0.4 is 5.32 Å². The fourth-order valence-electron chi connectivity index (χ4n) is 2.19. The molecule has 0 fully saturated rings. The molecule has 0 radical (unpaired) electrons. The molecule has 1 N–H and O–H groups in total. The number of thioether (sulfide) groups is 1. The van der Waals surface area contributed by atoms with Crippen LogP contribution in [-0.2, 0) is 10.2 Å². The van der Waals surface area contributed by atoms with E-state index in [0.29, 0.717) is 17.0 Å². The summed E-state index contributed by atoms with van der Waals surface area (Å²) >= 11 is 1.51. The van der Waals surface area contributed by atoms with Crippen molar-refractivity contribution < 1.29 is 9.59 Å². The van der Waals surface area contributed by atoms with Crippen molar-refractivity contribution in [1.82, 2.24) is 0 Å². The van der Waals surface area contributed by atoms with Crippen LogP contribution in [0.3, 0.4) is 0 Å². The van der Waals surface area contributed by atoms with E-state index in [9.17, 15) is 9.59 Å². The number of benzene rings is 2. The minimum Gasteiger partial charge on any atom is -0.325 e. The molecule has 0 saturated carbocycles. The van der Waals surface area contributed by atoms with Gasteiger partial charge in [0.15, 0.2) is 5.78 Å². The van der Waals surface area contributed by atoms with E-state index in [2.05, 4.69) is 50.4 Å². The van der Waals surface area contributed by atoms with E-state index in [-0.39, 0.29) is 17.1 Å². The van der Waals surface area contributed by atoms with Gasteiger partial charge in [0.2, 0.25) is 5.91 Å².